The van der Waals surface area contributed by atoms with Gasteiger partial charge < -0.3 is 25.4 Å². The van der Waals surface area contributed by atoms with Crippen LogP contribution < -0.4 is 11.1 Å². The van der Waals surface area contributed by atoms with Crippen LogP contribution in [0.2, 0.25) is 0 Å². The van der Waals surface area contributed by atoms with E-state index >= 15 is 0 Å². The Morgan fingerprint density at radius 3 is 2.62 bits per heavy atom. The van der Waals surface area contributed by atoms with Crippen molar-refractivity contribution in [3.05, 3.63) is 22.3 Å². The second-order valence-corrected chi connectivity index (χ2v) is 10.4. The first kappa shape index (κ1) is 25.5. The van der Waals surface area contributed by atoms with Crippen molar-refractivity contribution in [2.75, 3.05) is 25.4 Å². The Kier molecular flexibility index (Phi) is 7.51. The van der Waals surface area contributed by atoms with Gasteiger partial charge in [-0.3, -0.25) is 19.3 Å². The molecule has 14 heteroatoms. The molecule has 0 unspecified atom stereocenters. The van der Waals surface area contributed by atoms with E-state index in [-0.39, 0.29) is 22.2 Å². The van der Waals surface area contributed by atoms with Gasteiger partial charge in [-0.15, -0.1) is 23.1 Å². The summed E-state index contributed by atoms with van der Waals surface area (Å²) in [5, 5.41) is 7.60. The number of nitrogens with one attached hydrogen (secondary N) is 1. The van der Waals surface area contributed by atoms with Crippen LogP contribution in [0.1, 0.15) is 33.4 Å². The Morgan fingerprint density at radius 1 is 1.32 bits per heavy atom. The zero-order valence-corrected chi connectivity index (χ0v) is 20.9. The lowest BCUT2D eigenvalue weighted by Gasteiger charge is -2.49. The van der Waals surface area contributed by atoms with Crippen molar-refractivity contribution >= 4 is 57.7 Å². The summed E-state index contributed by atoms with van der Waals surface area (Å²) in [7, 11) is 1.28. The van der Waals surface area contributed by atoms with Gasteiger partial charge in [0.05, 0.1) is 5.41 Å². The summed E-state index contributed by atoms with van der Waals surface area (Å²) in [5.74, 6) is -2.04. The van der Waals surface area contributed by atoms with Crippen LogP contribution in [0.3, 0.4) is 0 Å². The number of thioether (sulfide) groups is 1. The van der Waals surface area contributed by atoms with Crippen molar-refractivity contribution in [3.63, 3.8) is 0 Å². The van der Waals surface area contributed by atoms with Crippen molar-refractivity contribution in [2.24, 2.45) is 10.6 Å². The number of hydrogen-bond donors (Lipinski definition) is 2. The van der Waals surface area contributed by atoms with Crippen LogP contribution in [0, 0.1) is 5.41 Å². The highest BCUT2D eigenvalue weighted by Gasteiger charge is 2.54. The number of aromatic nitrogens is 1. The number of anilines is 1. The molecule has 1 saturated heterocycles. The number of carbonyl (C=O) groups excluding carboxylic acids is 4. The van der Waals surface area contributed by atoms with E-state index in [1.54, 1.807) is 33.1 Å². The van der Waals surface area contributed by atoms with Crippen molar-refractivity contribution in [3.8, 4) is 0 Å². The van der Waals surface area contributed by atoms with Crippen LogP contribution in [0.25, 0.3) is 0 Å². The first-order chi connectivity index (χ1) is 16.0. The average molecular weight is 512 g/mol. The van der Waals surface area contributed by atoms with Gasteiger partial charge in [0.15, 0.2) is 10.8 Å². The fourth-order valence-electron chi connectivity index (χ4n) is 3.09. The van der Waals surface area contributed by atoms with Gasteiger partial charge in [-0.05, 0) is 33.3 Å². The van der Waals surface area contributed by atoms with E-state index in [1.165, 1.54) is 23.8 Å². The Morgan fingerprint density at radius 2 is 2.03 bits per heavy atom. The zero-order chi connectivity index (χ0) is 25.2. The third-order valence-corrected chi connectivity index (χ3v) is 6.89. The van der Waals surface area contributed by atoms with Crippen LogP contribution in [0.15, 0.2) is 21.8 Å². The third kappa shape index (κ3) is 5.17. The maximum Gasteiger partial charge on any atom is 0.357 e. The minimum atomic E-state index is -0.898. The van der Waals surface area contributed by atoms with E-state index in [0.29, 0.717) is 11.3 Å². The largest absolute Gasteiger partial charge is 0.427 e. The molecule has 3 rings (SSSR count). The first-order valence-corrected chi connectivity index (χ1v) is 12.0. The molecule has 2 aliphatic heterocycles. The lowest BCUT2D eigenvalue weighted by atomic mass is 9.98. The first-order valence-electron chi connectivity index (χ1n) is 10.1. The Labute approximate surface area is 203 Å². The number of fused-ring (bicyclic) bond motifs is 1. The van der Waals surface area contributed by atoms with Gasteiger partial charge in [0.2, 0.25) is 6.79 Å². The van der Waals surface area contributed by atoms with Crippen molar-refractivity contribution in [1.29, 1.82) is 0 Å². The number of thiazole rings is 1. The topological polar surface area (TPSA) is 163 Å². The van der Waals surface area contributed by atoms with Gasteiger partial charge in [-0.25, -0.2) is 9.78 Å². The molecule has 3 heterocycles. The Balaban J connectivity index is 1.66. The van der Waals surface area contributed by atoms with E-state index < -0.39 is 47.4 Å². The number of hydrogen-bond acceptors (Lipinski definition) is 12. The molecule has 0 bridgehead atoms. The number of nitrogen functional groups attached to an aromatic ring is 1. The molecule has 2 atom stereocenters. The molecular formula is C20H25N5O7S2. The molecule has 0 spiro atoms. The van der Waals surface area contributed by atoms with Crippen LogP contribution in [-0.4, -0.2) is 70.4 Å². The number of esters is 2. The summed E-state index contributed by atoms with van der Waals surface area (Å²) < 4.78 is 10.0. The van der Waals surface area contributed by atoms with E-state index in [9.17, 15) is 19.2 Å². The number of rotatable bonds is 7. The lowest BCUT2D eigenvalue weighted by molar-refractivity contribution is -0.173. The Hall–Kier alpha value is -3.13. The molecule has 1 aromatic heterocycles. The fourth-order valence-corrected chi connectivity index (χ4v) is 4.93. The van der Waals surface area contributed by atoms with Gasteiger partial charge >= 0.3 is 11.9 Å². The molecule has 0 aliphatic carbocycles. The van der Waals surface area contributed by atoms with Crippen molar-refractivity contribution < 1.29 is 33.5 Å². The molecule has 12 nitrogen and oxygen atoms in total. The van der Waals surface area contributed by atoms with Crippen LogP contribution in [0.5, 0.6) is 0 Å². The third-order valence-electron chi connectivity index (χ3n) is 4.79. The van der Waals surface area contributed by atoms with Crippen LogP contribution in [-0.2, 0) is 33.5 Å². The molecule has 0 saturated carbocycles. The number of amides is 2. The molecule has 1 aromatic rings. The van der Waals surface area contributed by atoms with Gasteiger partial charge in [-0.1, -0.05) is 5.16 Å². The van der Waals surface area contributed by atoms with Gasteiger partial charge in [-0.2, -0.15) is 0 Å². The summed E-state index contributed by atoms with van der Waals surface area (Å²) in [6, 6.07) is -0.898. The highest BCUT2D eigenvalue weighted by atomic mass is 32.2. The predicted molar refractivity (Wildman–Crippen MR) is 124 cm³/mol. The SMILES string of the molecule is CO/N=C(/C(=O)N[C@@H]1C(=O)N2C(C(=O)OCOC(=O)C(C)(C)C)=C(C)CS[C@H]12)c1csc(N)n1. The standard InChI is InChI=1S/C20H25N5O7S2/c1-9-6-33-16-12(23-14(26)11(24-30-5)10-7-34-19(21)22-10)15(27)25(16)13(9)17(28)31-8-32-18(29)20(2,3)4/h7,12,16H,6,8H2,1-5H3,(H2,21,22)(H,23,26)/b24-11+/t12-,16-/m1/s1. The number of nitrogens with two attached hydrogens (primary N) is 1. The second kappa shape index (κ2) is 10.0. The minimum Gasteiger partial charge on any atom is -0.427 e. The molecule has 0 aromatic carbocycles. The zero-order valence-electron chi connectivity index (χ0n) is 19.2. The number of ether oxygens (including phenoxy) is 2. The summed E-state index contributed by atoms with van der Waals surface area (Å²) in [5.41, 5.74) is 5.67. The monoisotopic (exact) mass is 511 g/mol. The number of β-lactam (4-membered cyclic amide) rings is 1. The highest BCUT2D eigenvalue weighted by molar-refractivity contribution is 8.00. The minimum absolute atomic E-state index is 0.0733. The maximum absolute atomic E-state index is 12.9. The predicted octanol–water partition coefficient (Wildman–Crippen LogP) is 0.840. The summed E-state index contributed by atoms with van der Waals surface area (Å²) in [6.07, 6.45) is 0. The maximum atomic E-state index is 12.9. The van der Waals surface area contributed by atoms with Gasteiger partial charge in [0.25, 0.3) is 11.8 Å². The Bertz CT molecular complexity index is 1080. The second-order valence-electron chi connectivity index (χ2n) is 8.41. The van der Waals surface area contributed by atoms with Crippen LogP contribution >= 0.6 is 23.1 Å². The fraction of sp³-hybridized carbons (Fsp3) is 0.500. The molecular weight excluding hydrogens is 486 g/mol. The summed E-state index contributed by atoms with van der Waals surface area (Å²) in [6.45, 7) is 6.15. The molecule has 34 heavy (non-hydrogen) atoms. The molecule has 3 N–H and O–H groups in total. The van der Waals surface area contributed by atoms with Crippen molar-refractivity contribution in [2.45, 2.75) is 39.1 Å². The van der Waals surface area contributed by atoms with Gasteiger partial charge in [0.1, 0.15) is 29.9 Å². The normalized spacial score (nSPS) is 20.3. The number of oxime groups is 1. The van der Waals surface area contributed by atoms with Crippen LogP contribution in [0.4, 0.5) is 5.13 Å². The molecule has 184 valence electrons. The van der Waals surface area contributed by atoms with E-state index in [0.717, 1.165) is 11.3 Å². The summed E-state index contributed by atoms with van der Waals surface area (Å²) >= 11 is 2.52. The quantitative estimate of drug-likeness (QED) is 0.176. The molecule has 0 radical (unpaired) electrons. The van der Waals surface area contributed by atoms with E-state index in [4.69, 9.17) is 20.0 Å². The van der Waals surface area contributed by atoms with Crippen molar-refractivity contribution in [1.82, 2.24) is 15.2 Å². The molecule has 2 aliphatic rings. The summed E-state index contributed by atoms with van der Waals surface area (Å²) in [4.78, 5) is 60.3. The number of nitrogens with zero attached hydrogens (tertiary/aromatic N) is 3. The molecule has 2 amide bonds. The van der Waals surface area contributed by atoms with Gasteiger partial charge in [0, 0.05) is 11.1 Å². The highest BCUT2D eigenvalue weighted by Crippen LogP contribution is 2.40. The van der Waals surface area contributed by atoms with E-state index in [2.05, 4.69) is 15.5 Å². The average Bonchev–Trinajstić information content (AvgIpc) is 3.20. The lowest BCUT2D eigenvalue weighted by Crippen LogP contribution is -2.71. The smallest absolute Gasteiger partial charge is 0.357 e. The molecule has 1 fully saturated rings. The number of carbonyl (C=O) groups is 4. The van der Waals surface area contributed by atoms with E-state index in [1.807, 2.05) is 0 Å².